The zero-order chi connectivity index (χ0) is 19.6. The number of para-hydroxylation sites is 2. The number of fused-ring (bicyclic) bond motifs is 1. The predicted octanol–water partition coefficient (Wildman–Crippen LogP) is 5.36. The van der Waals surface area contributed by atoms with Gasteiger partial charge in [0.25, 0.3) is 0 Å². The van der Waals surface area contributed by atoms with Gasteiger partial charge in [0.1, 0.15) is 0 Å². The van der Waals surface area contributed by atoms with Gasteiger partial charge in [-0.2, -0.15) is 0 Å². The van der Waals surface area contributed by atoms with Crippen molar-refractivity contribution in [3.05, 3.63) is 96.1 Å². The lowest BCUT2D eigenvalue weighted by Crippen LogP contribution is -2.37. The average molecular weight is 383 g/mol. The van der Waals surface area contributed by atoms with Crippen LogP contribution in [0.2, 0.25) is 0 Å². The van der Waals surface area contributed by atoms with Crippen molar-refractivity contribution >= 4 is 17.3 Å². The molecule has 2 heterocycles. The maximum atomic E-state index is 13.5. The molecule has 1 amide bonds. The Morgan fingerprint density at radius 1 is 0.759 bits per heavy atom. The van der Waals surface area contributed by atoms with Crippen molar-refractivity contribution in [1.29, 1.82) is 0 Å². The fourth-order valence-corrected chi connectivity index (χ4v) is 4.93. The third-order valence-electron chi connectivity index (χ3n) is 6.37. The summed E-state index contributed by atoms with van der Waals surface area (Å²) in [6, 6.07) is 29.1. The van der Waals surface area contributed by atoms with Crippen LogP contribution >= 0.6 is 0 Å². The van der Waals surface area contributed by atoms with E-state index in [1.807, 2.05) is 41.3 Å². The minimum absolute atomic E-state index is 0.0229. The predicted molar refractivity (Wildman–Crippen MR) is 117 cm³/mol. The Bertz CT molecular complexity index is 978. The van der Waals surface area contributed by atoms with Gasteiger partial charge < -0.3 is 0 Å². The smallest absolute Gasteiger partial charge is 0.239 e. The lowest BCUT2D eigenvalue weighted by molar-refractivity contribution is -0.120. The molecule has 3 aromatic carbocycles. The number of nitrogens with zero attached hydrogens (tertiary/aromatic N) is 2. The van der Waals surface area contributed by atoms with Crippen molar-refractivity contribution in [3.63, 3.8) is 0 Å². The third kappa shape index (κ3) is 3.47. The van der Waals surface area contributed by atoms with E-state index in [1.165, 1.54) is 11.1 Å². The molecule has 0 radical (unpaired) electrons. The van der Waals surface area contributed by atoms with Crippen LogP contribution in [0.3, 0.4) is 0 Å². The summed E-state index contributed by atoms with van der Waals surface area (Å²) in [5.74, 6) is 0.619. The van der Waals surface area contributed by atoms with E-state index in [-0.39, 0.29) is 11.8 Å². The molecule has 2 aliphatic heterocycles. The molecule has 0 saturated carbocycles. The zero-order valence-corrected chi connectivity index (χ0v) is 16.6. The molecule has 1 unspecified atom stereocenters. The summed E-state index contributed by atoms with van der Waals surface area (Å²) in [4.78, 5) is 18.0. The molecule has 146 valence electrons. The maximum Gasteiger partial charge on any atom is 0.239 e. The van der Waals surface area contributed by atoms with E-state index < -0.39 is 0 Å². The number of anilines is 2. The van der Waals surface area contributed by atoms with Crippen LogP contribution in [0.25, 0.3) is 0 Å². The van der Waals surface area contributed by atoms with E-state index in [9.17, 15) is 4.79 Å². The van der Waals surface area contributed by atoms with Gasteiger partial charge in [-0.1, -0.05) is 66.7 Å². The Morgan fingerprint density at radius 3 is 2.10 bits per heavy atom. The molecule has 0 N–H and O–H groups in total. The highest BCUT2D eigenvalue weighted by Crippen LogP contribution is 2.47. The molecule has 29 heavy (non-hydrogen) atoms. The van der Waals surface area contributed by atoms with Crippen molar-refractivity contribution < 1.29 is 4.79 Å². The SMILES string of the molecule is O=C1C(C2CCN(Cc3ccccc3)CC2)c2ccccc2N1c1ccccc1. The van der Waals surface area contributed by atoms with Gasteiger partial charge in [0, 0.05) is 12.2 Å². The molecular weight excluding hydrogens is 356 g/mol. The van der Waals surface area contributed by atoms with Crippen molar-refractivity contribution in [3.8, 4) is 0 Å². The Kier molecular flexibility index (Phi) is 4.91. The minimum atomic E-state index is -0.0229. The summed E-state index contributed by atoms with van der Waals surface area (Å²) in [7, 11) is 0. The molecule has 5 rings (SSSR count). The van der Waals surface area contributed by atoms with Crippen molar-refractivity contribution in [1.82, 2.24) is 4.90 Å². The fraction of sp³-hybridized carbons (Fsp3) is 0.269. The van der Waals surface area contributed by atoms with Gasteiger partial charge in [0.05, 0.1) is 11.6 Å². The van der Waals surface area contributed by atoms with Crippen LogP contribution in [0.1, 0.15) is 29.9 Å². The van der Waals surface area contributed by atoms with Gasteiger partial charge in [-0.25, -0.2) is 0 Å². The van der Waals surface area contributed by atoms with Gasteiger partial charge in [-0.15, -0.1) is 0 Å². The van der Waals surface area contributed by atoms with Gasteiger partial charge in [0.15, 0.2) is 0 Å². The topological polar surface area (TPSA) is 23.6 Å². The van der Waals surface area contributed by atoms with E-state index in [2.05, 4.69) is 53.4 Å². The molecule has 3 heteroatoms. The van der Waals surface area contributed by atoms with Crippen LogP contribution in [-0.2, 0) is 11.3 Å². The molecule has 1 saturated heterocycles. The van der Waals surface area contributed by atoms with Crippen LogP contribution in [0.15, 0.2) is 84.9 Å². The first-order valence-electron chi connectivity index (χ1n) is 10.6. The van der Waals surface area contributed by atoms with E-state index in [1.54, 1.807) is 0 Å². The van der Waals surface area contributed by atoms with Crippen LogP contribution in [0.5, 0.6) is 0 Å². The Labute approximate surface area is 172 Å². The molecule has 0 aromatic heterocycles. The molecule has 0 spiro atoms. The van der Waals surface area contributed by atoms with Crippen molar-refractivity contribution in [2.24, 2.45) is 5.92 Å². The Morgan fingerprint density at radius 2 is 1.38 bits per heavy atom. The van der Waals surface area contributed by atoms with E-state index in [0.29, 0.717) is 5.92 Å². The van der Waals surface area contributed by atoms with Gasteiger partial charge in [-0.3, -0.25) is 14.6 Å². The number of carbonyl (C=O) groups is 1. The highest BCUT2D eigenvalue weighted by Gasteiger charge is 2.43. The van der Waals surface area contributed by atoms with Crippen molar-refractivity contribution in [2.45, 2.75) is 25.3 Å². The summed E-state index contributed by atoms with van der Waals surface area (Å²) in [5, 5.41) is 0. The van der Waals surface area contributed by atoms with E-state index in [4.69, 9.17) is 0 Å². The van der Waals surface area contributed by atoms with Crippen LogP contribution in [0.4, 0.5) is 11.4 Å². The highest BCUT2D eigenvalue weighted by molar-refractivity contribution is 6.10. The summed E-state index contributed by atoms with van der Waals surface area (Å²) >= 11 is 0. The molecule has 0 bridgehead atoms. The third-order valence-corrected chi connectivity index (χ3v) is 6.37. The number of carbonyl (C=O) groups excluding carboxylic acids is 1. The van der Waals surface area contributed by atoms with Gasteiger partial charge in [-0.05, 0) is 61.2 Å². The first-order valence-corrected chi connectivity index (χ1v) is 10.6. The second-order valence-electron chi connectivity index (χ2n) is 8.14. The van der Waals surface area contributed by atoms with Gasteiger partial charge >= 0.3 is 0 Å². The Hall–Kier alpha value is -2.91. The normalized spacial score (nSPS) is 20.1. The highest BCUT2D eigenvalue weighted by atomic mass is 16.2. The number of amides is 1. The van der Waals surface area contributed by atoms with E-state index in [0.717, 1.165) is 43.9 Å². The second kappa shape index (κ2) is 7.84. The number of rotatable bonds is 4. The molecule has 3 aromatic rings. The number of hydrogen-bond donors (Lipinski definition) is 0. The second-order valence-corrected chi connectivity index (χ2v) is 8.14. The summed E-state index contributed by atoms with van der Waals surface area (Å²) in [5.41, 5.74) is 4.58. The molecule has 1 fully saturated rings. The first kappa shape index (κ1) is 18.1. The summed E-state index contributed by atoms with van der Waals surface area (Å²) in [6.45, 7) is 3.10. The van der Waals surface area contributed by atoms with E-state index >= 15 is 0 Å². The number of likely N-dealkylation sites (tertiary alicyclic amines) is 1. The lowest BCUT2D eigenvalue weighted by atomic mass is 9.80. The molecule has 1 atom stereocenters. The average Bonchev–Trinajstić information content (AvgIpc) is 3.07. The summed E-state index contributed by atoms with van der Waals surface area (Å²) < 4.78 is 0. The molecular formula is C26H26N2O. The van der Waals surface area contributed by atoms with Gasteiger partial charge in [0.2, 0.25) is 5.91 Å². The molecule has 0 aliphatic carbocycles. The largest absolute Gasteiger partial charge is 0.299 e. The quantitative estimate of drug-likeness (QED) is 0.606. The molecule has 2 aliphatic rings. The maximum absolute atomic E-state index is 13.5. The number of benzene rings is 3. The Balaban J connectivity index is 1.35. The van der Waals surface area contributed by atoms with Crippen LogP contribution in [0, 0.1) is 5.92 Å². The standard InChI is InChI=1S/C26H26N2O/c29-26-25(21-15-17-27(18-16-21)19-20-9-3-1-4-10-20)23-13-7-8-14-24(23)28(26)22-11-5-2-6-12-22/h1-14,21,25H,15-19H2. The van der Waals surface area contributed by atoms with Crippen LogP contribution in [-0.4, -0.2) is 23.9 Å². The zero-order valence-electron chi connectivity index (χ0n) is 16.6. The van der Waals surface area contributed by atoms with Crippen molar-refractivity contribution in [2.75, 3.05) is 18.0 Å². The van der Waals surface area contributed by atoms with Crippen LogP contribution < -0.4 is 4.90 Å². The number of piperidine rings is 1. The fourth-order valence-electron chi connectivity index (χ4n) is 4.93. The minimum Gasteiger partial charge on any atom is -0.299 e. The first-order chi connectivity index (χ1) is 14.3. The summed E-state index contributed by atoms with van der Waals surface area (Å²) in [6.07, 6.45) is 2.14. The number of hydrogen-bond acceptors (Lipinski definition) is 2. The molecule has 3 nitrogen and oxygen atoms in total. The monoisotopic (exact) mass is 382 g/mol. The lowest BCUT2D eigenvalue weighted by Gasteiger charge is -2.34.